The molecule has 6 heteroatoms. The summed E-state index contributed by atoms with van der Waals surface area (Å²) in [5.74, 6) is -0.417. The molecule has 1 heterocycles. The fraction of sp³-hybridized carbons (Fsp3) is 0.429. The van der Waals surface area contributed by atoms with Gasteiger partial charge in [-0.05, 0) is 31.2 Å². The van der Waals surface area contributed by atoms with Gasteiger partial charge in [0, 0.05) is 18.0 Å². The van der Waals surface area contributed by atoms with E-state index in [9.17, 15) is 4.39 Å². The highest BCUT2D eigenvalue weighted by Gasteiger charge is 2.09. The molecule has 0 amide bonds. The number of aromatic nitrogens is 2. The fourth-order valence-electron chi connectivity index (χ4n) is 1.73. The minimum atomic E-state index is -0.417. The van der Waals surface area contributed by atoms with Gasteiger partial charge in [0.05, 0.1) is 5.02 Å². The van der Waals surface area contributed by atoms with Crippen LogP contribution in [0.3, 0.4) is 0 Å². The van der Waals surface area contributed by atoms with Crippen LogP contribution in [0.5, 0.6) is 0 Å². The van der Waals surface area contributed by atoms with E-state index in [1.165, 1.54) is 17.4 Å². The number of nitrogens with one attached hydrogen (secondary N) is 1. The third kappa shape index (κ3) is 4.23. The molecule has 0 aliphatic rings. The quantitative estimate of drug-likeness (QED) is 0.821. The first kappa shape index (κ1) is 15.4. The van der Waals surface area contributed by atoms with Crippen molar-refractivity contribution in [2.75, 3.05) is 6.54 Å². The van der Waals surface area contributed by atoms with Gasteiger partial charge in [-0.1, -0.05) is 36.8 Å². The Hall–Kier alpha value is -1.04. The average molecular weight is 314 g/mol. The van der Waals surface area contributed by atoms with Gasteiger partial charge in [0.15, 0.2) is 0 Å². The summed E-state index contributed by atoms with van der Waals surface area (Å²) in [5, 5.41) is 13.5. The Bertz CT molecular complexity index is 571. The molecule has 0 spiro atoms. The zero-order valence-corrected chi connectivity index (χ0v) is 13.1. The molecule has 0 radical (unpaired) electrons. The third-order valence-electron chi connectivity index (χ3n) is 2.75. The van der Waals surface area contributed by atoms with Crippen LogP contribution in [-0.4, -0.2) is 22.8 Å². The van der Waals surface area contributed by atoms with E-state index in [1.54, 1.807) is 12.1 Å². The van der Waals surface area contributed by atoms with Crippen LogP contribution in [0.1, 0.15) is 25.3 Å². The standard InChI is InChI=1S/C14H17ClFN3S/c1-9(2)17-7-3-4-13-18-19-14(20-13)10-5-6-12(16)11(15)8-10/h5-6,8-9,17H,3-4,7H2,1-2H3. The largest absolute Gasteiger partial charge is 0.315 e. The van der Waals surface area contributed by atoms with Crippen molar-refractivity contribution in [3.05, 3.63) is 34.0 Å². The summed E-state index contributed by atoms with van der Waals surface area (Å²) in [6.45, 7) is 5.22. The molecule has 3 nitrogen and oxygen atoms in total. The van der Waals surface area contributed by atoms with Gasteiger partial charge < -0.3 is 5.32 Å². The smallest absolute Gasteiger partial charge is 0.147 e. The molecule has 1 N–H and O–H groups in total. The van der Waals surface area contributed by atoms with Gasteiger partial charge in [0.1, 0.15) is 15.8 Å². The van der Waals surface area contributed by atoms with E-state index in [0.29, 0.717) is 6.04 Å². The van der Waals surface area contributed by atoms with Gasteiger partial charge in [-0.2, -0.15) is 0 Å². The van der Waals surface area contributed by atoms with Crippen LogP contribution in [0.4, 0.5) is 4.39 Å². The predicted molar refractivity (Wildman–Crippen MR) is 81.8 cm³/mol. The molecule has 2 aromatic rings. The molecule has 0 aliphatic carbocycles. The van der Waals surface area contributed by atoms with Crippen LogP contribution < -0.4 is 5.32 Å². The van der Waals surface area contributed by atoms with Crippen molar-refractivity contribution in [3.8, 4) is 10.6 Å². The second kappa shape index (κ2) is 7.11. The first-order valence-corrected chi connectivity index (χ1v) is 7.77. The van der Waals surface area contributed by atoms with Crippen LogP contribution in [0.2, 0.25) is 5.02 Å². The van der Waals surface area contributed by atoms with Crippen LogP contribution in [0, 0.1) is 5.82 Å². The molecule has 1 aromatic carbocycles. The van der Waals surface area contributed by atoms with Gasteiger partial charge in [0.25, 0.3) is 0 Å². The van der Waals surface area contributed by atoms with Crippen molar-refractivity contribution in [1.82, 2.24) is 15.5 Å². The summed E-state index contributed by atoms with van der Waals surface area (Å²) in [4.78, 5) is 0. The Kier molecular flexibility index (Phi) is 5.46. The molecule has 2 rings (SSSR count). The van der Waals surface area contributed by atoms with Gasteiger partial charge in [-0.3, -0.25) is 0 Å². The highest BCUT2D eigenvalue weighted by atomic mass is 35.5. The van der Waals surface area contributed by atoms with E-state index in [-0.39, 0.29) is 5.02 Å². The number of hydrogen-bond donors (Lipinski definition) is 1. The summed E-state index contributed by atoms with van der Waals surface area (Å²) in [6.07, 6.45) is 1.92. The van der Waals surface area contributed by atoms with Gasteiger partial charge in [-0.25, -0.2) is 4.39 Å². The highest BCUT2D eigenvalue weighted by molar-refractivity contribution is 7.14. The molecule has 0 fully saturated rings. The molecule has 0 saturated carbocycles. The van der Waals surface area contributed by atoms with E-state index in [1.807, 2.05) is 0 Å². The van der Waals surface area contributed by atoms with Crippen molar-refractivity contribution in [2.24, 2.45) is 0 Å². The second-order valence-corrected chi connectivity index (χ2v) is 6.31. The van der Waals surface area contributed by atoms with E-state index < -0.39 is 5.82 Å². The van der Waals surface area contributed by atoms with Crippen LogP contribution in [-0.2, 0) is 6.42 Å². The lowest BCUT2D eigenvalue weighted by Crippen LogP contribution is -2.23. The Labute approximate surface area is 127 Å². The van der Waals surface area contributed by atoms with Crippen LogP contribution in [0.25, 0.3) is 10.6 Å². The highest BCUT2D eigenvalue weighted by Crippen LogP contribution is 2.27. The molecule has 0 aliphatic heterocycles. The normalized spacial score (nSPS) is 11.2. The minimum absolute atomic E-state index is 0.111. The minimum Gasteiger partial charge on any atom is -0.315 e. The van der Waals surface area contributed by atoms with Crippen molar-refractivity contribution in [3.63, 3.8) is 0 Å². The number of benzene rings is 1. The van der Waals surface area contributed by atoms with E-state index in [4.69, 9.17) is 11.6 Å². The number of halogens is 2. The molecule has 0 saturated heterocycles. The first-order chi connectivity index (χ1) is 9.56. The fourth-order valence-corrected chi connectivity index (χ4v) is 2.79. The van der Waals surface area contributed by atoms with Crippen molar-refractivity contribution >= 4 is 22.9 Å². The molecule has 0 atom stereocenters. The third-order valence-corrected chi connectivity index (χ3v) is 4.08. The van der Waals surface area contributed by atoms with Gasteiger partial charge in [-0.15, -0.1) is 10.2 Å². The lowest BCUT2D eigenvalue weighted by molar-refractivity contribution is 0.569. The molecular weight excluding hydrogens is 297 g/mol. The second-order valence-electron chi connectivity index (χ2n) is 4.84. The number of nitrogens with zero attached hydrogens (tertiary/aromatic N) is 2. The van der Waals surface area contributed by atoms with E-state index in [0.717, 1.165) is 35.0 Å². The van der Waals surface area contributed by atoms with E-state index in [2.05, 4.69) is 29.4 Å². The van der Waals surface area contributed by atoms with Crippen molar-refractivity contribution < 1.29 is 4.39 Å². The van der Waals surface area contributed by atoms with Crippen molar-refractivity contribution in [2.45, 2.75) is 32.7 Å². The molecule has 0 bridgehead atoms. The maximum Gasteiger partial charge on any atom is 0.147 e. The molecular formula is C14H17ClFN3S. The lowest BCUT2D eigenvalue weighted by atomic mass is 10.2. The Morgan fingerprint density at radius 3 is 2.85 bits per heavy atom. The summed E-state index contributed by atoms with van der Waals surface area (Å²) in [7, 11) is 0. The maximum absolute atomic E-state index is 13.1. The summed E-state index contributed by atoms with van der Waals surface area (Å²) in [5.41, 5.74) is 0.806. The molecule has 0 unspecified atom stereocenters. The Morgan fingerprint density at radius 2 is 2.15 bits per heavy atom. The molecule has 20 heavy (non-hydrogen) atoms. The summed E-state index contributed by atoms with van der Waals surface area (Å²) < 4.78 is 13.1. The van der Waals surface area contributed by atoms with Crippen LogP contribution >= 0.6 is 22.9 Å². The lowest BCUT2D eigenvalue weighted by Gasteiger charge is -2.05. The number of hydrogen-bond acceptors (Lipinski definition) is 4. The number of rotatable bonds is 6. The molecule has 1 aromatic heterocycles. The Balaban J connectivity index is 1.96. The van der Waals surface area contributed by atoms with Gasteiger partial charge in [0.2, 0.25) is 0 Å². The average Bonchev–Trinajstić information content (AvgIpc) is 2.86. The first-order valence-electron chi connectivity index (χ1n) is 6.57. The Morgan fingerprint density at radius 1 is 1.35 bits per heavy atom. The zero-order valence-electron chi connectivity index (χ0n) is 11.5. The van der Waals surface area contributed by atoms with E-state index >= 15 is 0 Å². The predicted octanol–water partition coefficient (Wildman–Crippen LogP) is 3.93. The topological polar surface area (TPSA) is 37.8 Å². The summed E-state index contributed by atoms with van der Waals surface area (Å²) >= 11 is 7.30. The monoisotopic (exact) mass is 313 g/mol. The maximum atomic E-state index is 13.1. The molecule has 108 valence electrons. The van der Waals surface area contributed by atoms with Crippen molar-refractivity contribution in [1.29, 1.82) is 0 Å². The SMILES string of the molecule is CC(C)NCCCc1nnc(-c2ccc(F)c(Cl)c2)s1. The zero-order chi connectivity index (χ0) is 14.5. The van der Waals surface area contributed by atoms with Crippen LogP contribution in [0.15, 0.2) is 18.2 Å². The summed E-state index contributed by atoms with van der Waals surface area (Å²) in [6, 6.07) is 5.11. The van der Waals surface area contributed by atoms with Gasteiger partial charge >= 0.3 is 0 Å². The number of aryl methyl sites for hydroxylation is 1.